The minimum absolute atomic E-state index is 0.109. The Kier molecular flexibility index (Phi) is 4.39. The lowest BCUT2D eigenvalue weighted by molar-refractivity contribution is 0.146. The fourth-order valence-corrected chi connectivity index (χ4v) is 3.10. The summed E-state index contributed by atoms with van der Waals surface area (Å²) in [5.74, 6) is 0.872. The number of ether oxygens (including phenoxy) is 1. The first-order chi connectivity index (χ1) is 10.2. The number of hydrogen-bond donors (Lipinski definition) is 1. The average molecular weight is 284 g/mol. The molecule has 1 aliphatic rings. The van der Waals surface area contributed by atoms with E-state index in [0.717, 1.165) is 35.2 Å². The van der Waals surface area contributed by atoms with Crippen molar-refractivity contribution in [2.24, 2.45) is 5.73 Å². The Morgan fingerprint density at radius 1 is 1.05 bits per heavy atom. The lowest BCUT2D eigenvalue weighted by Gasteiger charge is -2.27. The Balaban J connectivity index is 1.87. The zero-order chi connectivity index (χ0) is 14.7. The van der Waals surface area contributed by atoms with Crippen LogP contribution in [0.4, 0.5) is 0 Å². The van der Waals surface area contributed by atoms with Gasteiger partial charge in [0.25, 0.3) is 0 Å². The summed E-state index contributed by atoms with van der Waals surface area (Å²) in [6.45, 7) is 2.01. The van der Waals surface area contributed by atoms with Crippen LogP contribution < -0.4 is 10.5 Å². The lowest BCUT2D eigenvalue weighted by atomic mass is 9.95. The highest BCUT2D eigenvalue weighted by molar-refractivity contribution is 5.84. The van der Waals surface area contributed by atoms with Gasteiger partial charge in [0.1, 0.15) is 17.4 Å². The van der Waals surface area contributed by atoms with Crippen LogP contribution in [-0.2, 0) is 0 Å². The first kappa shape index (κ1) is 14.3. The van der Waals surface area contributed by atoms with E-state index in [4.69, 9.17) is 10.5 Å². The fraction of sp³-hybridized carbons (Fsp3) is 0.500. The molecule has 2 N–H and O–H groups in total. The molecule has 2 atom stereocenters. The summed E-state index contributed by atoms with van der Waals surface area (Å²) in [4.78, 5) is 4.64. The molecule has 0 aliphatic heterocycles. The Labute approximate surface area is 126 Å². The lowest BCUT2D eigenvalue weighted by Crippen LogP contribution is -2.39. The molecule has 0 spiro atoms. The maximum atomic E-state index is 6.32. The molecule has 0 radical (unpaired) electrons. The van der Waals surface area contributed by atoms with Gasteiger partial charge in [0.15, 0.2) is 0 Å². The second kappa shape index (κ2) is 6.44. The van der Waals surface area contributed by atoms with Crippen LogP contribution >= 0.6 is 0 Å². The second-order valence-corrected chi connectivity index (χ2v) is 6.09. The molecule has 3 rings (SSSR count). The van der Waals surface area contributed by atoms with E-state index < -0.39 is 0 Å². The third kappa shape index (κ3) is 3.35. The molecule has 3 nitrogen and oxygen atoms in total. The van der Waals surface area contributed by atoms with Crippen molar-refractivity contribution in [3.63, 3.8) is 0 Å². The Hall–Kier alpha value is -1.61. The van der Waals surface area contributed by atoms with Crippen LogP contribution in [0, 0.1) is 6.92 Å². The van der Waals surface area contributed by atoms with E-state index in [2.05, 4.69) is 17.1 Å². The number of nitrogens with two attached hydrogens (primary N) is 1. The Morgan fingerprint density at radius 3 is 2.71 bits per heavy atom. The van der Waals surface area contributed by atoms with Crippen LogP contribution in [0.5, 0.6) is 5.75 Å². The summed E-state index contributed by atoms with van der Waals surface area (Å²) in [6, 6.07) is 10.4. The average Bonchev–Trinajstić information content (AvgIpc) is 2.47. The highest BCUT2D eigenvalue weighted by Crippen LogP contribution is 2.28. The minimum Gasteiger partial charge on any atom is -0.487 e. The molecule has 112 valence electrons. The molecule has 0 amide bonds. The summed E-state index contributed by atoms with van der Waals surface area (Å²) in [5.41, 5.74) is 8.29. The molecule has 1 heterocycles. The van der Waals surface area contributed by atoms with Crippen molar-refractivity contribution in [1.29, 1.82) is 0 Å². The third-order valence-electron chi connectivity index (χ3n) is 4.35. The molecule has 1 aliphatic carbocycles. The first-order valence-electron chi connectivity index (χ1n) is 8.02. The zero-order valence-electron chi connectivity index (χ0n) is 12.7. The van der Waals surface area contributed by atoms with E-state index in [1.807, 2.05) is 25.1 Å². The van der Waals surface area contributed by atoms with Crippen molar-refractivity contribution in [2.75, 3.05) is 0 Å². The van der Waals surface area contributed by atoms with E-state index in [1.54, 1.807) is 0 Å². The number of fused-ring (bicyclic) bond motifs is 1. The van der Waals surface area contributed by atoms with Gasteiger partial charge in [-0.15, -0.1) is 0 Å². The predicted octanol–water partition coefficient (Wildman–Crippen LogP) is 3.97. The monoisotopic (exact) mass is 284 g/mol. The highest BCUT2D eigenvalue weighted by Gasteiger charge is 2.22. The van der Waals surface area contributed by atoms with Crippen molar-refractivity contribution >= 4 is 10.9 Å². The van der Waals surface area contributed by atoms with Crippen molar-refractivity contribution in [2.45, 2.75) is 57.6 Å². The largest absolute Gasteiger partial charge is 0.487 e. The molecule has 1 saturated carbocycles. The zero-order valence-corrected chi connectivity index (χ0v) is 12.7. The molecular formula is C18H24N2O. The van der Waals surface area contributed by atoms with Crippen molar-refractivity contribution < 1.29 is 4.74 Å². The minimum atomic E-state index is 0.109. The quantitative estimate of drug-likeness (QED) is 0.907. The maximum Gasteiger partial charge on any atom is 0.146 e. The van der Waals surface area contributed by atoms with Gasteiger partial charge < -0.3 is 10.5 Å². The Morgan fingerprint density at radius 2 is 1.86 bits per heavy atom. The number of benzene rings is 1. The van der Waals surface area contributed by atoms with Gasteiger partial charge in [0, 0.05) is 17.1 Å². The van der Waals surface area contributed by atoms with Crippen LogP contribution in [0.25, 0.3) is 10.9 Å². The fourth-order valence-electron chi connectivity index (χ4n) is 3.10. The Bertz CT molecular complexity index is 611. The second-order valence-electron chi connectivity index (χ2n) is 6.09. The summed E-state index contributed by atoms with van der Waals surface area (Å²) in [6.07, 6.45) is 7.22. The normalized spacial score (nSPS) is 23.5. The van der Waals surface area contributed by atoms with Crippen LogP contribution in [0.15, 0.2) is 30.3 Å². The van der Waals surface area contributed by atoms with Crippen molar-refractivity contribution in [1.82, 2.24) is 4.98 Å². The molecule has 2 unspecified atom stereocenters. The number of pyridine rings is 1. The molecule has 0 saturated heterocycles. The van der Waals surface area contributed by atoms with E-state index in [9.17, 15) is 0 Å². The van der Waals surface area contributed by atoms with Crippen LogP contribution in [0.3, 0.4) is 0 Å². The number of hydrogen-bond acceptors (Lipinski definition) is 3. The first-order valence-corrected chi connectivity index (χ1v) is 8.02. The van der Waals surface area contributed by atoms with Gasteiger partial charge >= 0.3 is 0 Å². The topological polar surface area (TPSA) is 48.1 Å². The number of aryl methyl sites for hydroxylation is 1. The van der Waals surface area contributed by atoms with Gasteiger partial charge in [0.2, 0.25) is 0 Å². The summed E-state index contributed by atoms with van der Waals surface area (Å²) in [5, 5.41) is 1.12. The van der Waals surface area contributed by atoms with E-state index in [0.29, 0.717) is 0 Å². The van der Waals surface area contributed by atoms with E-state index in [-0.39, 0.29) is 12.1 Å². The molecular weight excluding hydrogens is 260 g/mol. The number of rotatable bonds is 2. The number of nitrogens with zero attached hydrogens (tertiary/aromatic N) is 1. The van der Waals surface area contributed by atoms with Crippen LogP contribution in [0.1, 0.15) is 44.2 Å². The molecule has 1 aromatic heterocycles. The van der Waals surface area contributed by atoms with Gasteiger partial charge in [0.05, 0.1) is 0 Å². The van der Waals surface area contributed by atoms with Gasteiger partial charge in [-0.2, -0.15) is 0 Å². The predicted molar refractivity (Wildman–Crippen MR) is 86.6 cm³/mol. The van der Waals surface area contributed by atoms with Gasteiger partial charge in [-0.25, -0.2) is 4.98 Å². The van der Waals surface area contributed by atoms with Gasteiger partial charge in [-0.05, 0) is 38.3 Å². The van der Waals surface area contributed by atoms with E-state index >= 15 is 0 Å². The number of aromatic nitrogens is 1. The van der Waals surface area contributed by atoms with Crippen LogP contribution in [-0.4, -0.2) is 17.1 Å². The van der Waals surface area contributed by atoms with Gasteiger partial charge in [-0.1, -0.05) is 37.5 Å². The van der Waals surface area contributed by atoms with Crippen molar-refractivity contribution in [3.8, 4) is 5.75 Å². The highest BCUT2D eigenvalue weighted by atomic mass is 16.5. The molecule has 0 bridgehead atoms. The SMILES string of the molecule is Cc1ccc2cccc(OC3CCCCCCC3N)c2n1. The molecule has 3 heteroatoms. The van der Waals surface area contributed by atoms with E-state index in [1.165, 1.54) is 25.7 Å². The number of para-hydroxylation sites is 1. The molecule has 21 heavy (non-hydrogen) atoms. The molecule has 2 aromatic rings. The summed E-state index contributed by atoms with van der Waals surface area (Å²) < 4.78 is 6.28. The summed E-state index contributed by atoms with van der Waals surface area (Å²) in [7, 11) is 0. The standard InChI is InChI=1S/C18H24N2O/c1-13-11-12-14-7-6-10-17(18(14)20-13)21-16-9-5-3-2-4-8-15(16)19/h6-7,10-12,15-16H,2-5,8-9,19H2,1H3. The summed E-state index contributed by atoms with van der Waals surface area (Å²) >= 11 is 0. The van der Waals surface area contributed by atoms with Gasteiger partial charge in [-0.3, -0.25) is 0 Å². The molecule has 1 fully saturated rings. The molecule has 1 aromatic carbocycles. The van der Waals surface area contributed by atoms with Crippen LogP contribution in [0.2, 0.25) is 0 Å². The maximum absolute atomic E-state index is 6.32. The third-order valence-corrected chi connectivity index (χ3v) is 4.35. The van der Waals surface area contributed by atoms with Crippen molar-refractivity contribution in [3.05, 3.63) is 36.0 Å². The smallest absolute Gasteiger partial charge is 0.146 e.